The summed E-state index contributed by atoms with van der Waals surface area (Å²) in [4.78, 5) is 15.6. The number of nitrogens with zero attached hydrogens (tertiary/aromatic N) is 1. The lowest BCUT2D eigenvalue weighted by atomic mass is 10.1. The van der Waals surface area contributed by atoms with Gasteiger partial charge in [-0.15, -0.1) is 0 Å². The Morgan fingerprint density at radius 3 is 2.95 bits per heavy atom. The third-order valence-electron chi connectivity index (χ3n) is 2.87. The van der Waals surface area contributed by atoms with Crippen LogP contribution < -0.4 is 11.1 Å². The van der Waals surface area contributed by atoms with Gasteiger partial charge in [0, 0.05) is 11.9 Å². The van der Waals surface area contributed by atoms with Gasteiger partial charge in [-0.1, -0.05) is 12.1 Å². The molecule has 0 bridgehead atoms. The van der Waals surface area contributed by atoms with E-state index in [0.717, 1.165) is 24.6 Å². The number of anilines is 1. The van der Waals surface area contributed by atoms with Crippen LogP contribution in [0.2, 0.25) is 0 Å². The van der Waals surface area contributed by atoms with E-state index in [4.69, 9.17) is 5.73 Å². The summed E-state index contributed by atoms with van der Waals surface area (Å²) in [7, 11) is 0. The second-order valence-electron chi connectivity index (χ2n) is 4.40. The molecule has 1 amide bonds. The monoisotopic (exact) mass is 273 g/mol. The van der Waals surface area contributed by atoms with Crippen molar-refractivity contribution in [1.82, 2.24) is 4.98 Å². The number of rotatable bonds is 5. The molecule has 0 saturated heterocycles. The molecule has 0 radical (unpaired) electrons. The molecule has 0 fully saturated rings. The molecule has 1 heterocycles. The van der Waals surface area contributed by atoms with Crippen molar-refractivity contribution in [3.63, 3.8) is 0 Å². The van der Waals surface area contributed by atoms with Gasteiger partial charge in [-0.05, 0) is 43.1 Å². The lowest BCUT2D eigenvalue weighted by Gasteiger charge is -2.07. The number of hydrogen-bond acceptors (Lipinski definition) is 3. The molecular weight excluding hydrogens is 257 g/mol. The van der Waals surface area contributed by atoms with E-state index in [1.165, 1.54) is 12.3 Å². The molecule has 2 rings (SSSR count). The Kier molecular flexibility index (Phi) is 4.79. The second kappa shape index (κ2) is 6.77. The number of aromatic nitrogens is 1. The van der Waals surface area contributed by atoms with Gasteiger partial charge < -0.3 is 11.1 Å². The maximum Gasteiger partial charge on any atom is 0.258 e. The van der Waals surface area contributed by atoms with E-state index in [2.05, 4.69) is 10.3 Å². The minimum absolute atomic E-state index is 0.0210. The van der Waals surface area contributed by atoms with E-state index in [1.54, 1.807) is 6.07 Å². The first-order valence-electron chi connectivity index (χ1n) is 6.40. The van der Waals surface area contributed by atoms with Gasteiger partial charge in [-0.3, -0.25) is 9.78 Å². The highest BCUT2D eigenvalue weighted by Gasteiger charge is 2.11. The zero-order valence-electron chi connectivity index (χ0n) is 11.0. The molecule has 20 heavy (non-hydrogen) atoms. The average Bonchev–Trinajstić information content (AvgIpc) is 2.46. The number of carbonyl (C=O) groups is 1. The highest BCUT2D eigenvalue weighted by Crippen LogP contribution is 2.14. The molecule has 1 aromatic heterocycles. The SMILES string of the molecule is NCCCc1cccc(NC(=O)c2ccncc2F)c1. The van der Waals surface area contributed by atoms with Crippen molar-refractivity contribution in [1.29, 1.82) is 0 Å². The minimum Gasteiger partial charge on any atom is -0.330 e. The number of nitrogens with two attached hydrogens (primary N) is 1. The van der Waals surface area contributed by atoms with Crippen molar-refractivity contribution in [2.24, 2.45) is 5.73 Å². The normalized spacial score (nSPS) is 10.3. The van der Waals surface area contributed by atoms with Crippen LogP contribution in [0, 0.1) is 5.82 Å². The Morgan fingerprint density at radius 2 is 2.20 bits per heavy atom. The second-order valence-corrected chi connectivity index (χ2v) is 4.40. The first kappa shape index (κ1) is 14.1. The largest absolute Gasteiger partial charge is 0.330 e. The summed E-state index contributed by atoms with van der Waals surface area (Å²) in [6.07, 6.45) is 4.14. The maximum atomic E-state index is 13.5. The van der Waals surface area contributed by atoms with Gasteiger partial charge in [0.15, 0.2) is 5.82 Å². The van der Waals surface area contributed by atoms with Crippen LogP contribution in [0.5, 0.6) is 0 Å². The Labute approximate surface area is 116 Å². The molecule has 3 N–H and O–H groups in total. The Hall–Kier alpha value is -2.27. The van der Waals surface area contributed by atoms with E-state index in [1.807, 2.05) is 18.2 Å². The summed E-state index contributed by atoms with van der Waals surface area (Å²) in [5.74, 6) is -1.12. The number of halogens is 1. The summed E-state index contributed by atoms with van der Waals surface area (Å²) < 4.78 is 13.5. The van der Waals surface area contributed by atoms with Crippen LogP contribution in [-0.4, -0.2) is 17.4 Å². The first-order valence-corrected chi connectivity index (χ1v) is 6.40. The third-order valence-corrected chi connectivity index (χ3v) is 2.87. The van der Waals surface area contributed by atoms with E-state index in [-0.39, 0.29) is 5.56 Å². The van der Waals surface area contributed by atoms with E-state index < -0.39 is 11.7 Å². The zero-order valence-corrected chi connectivity index (χ0v) is 11.0. The number of pyridine rings is 1. The summed E-state index contributed by atoms with van der Waals surface area (Å²) in [6, 6.07) is 8.81. The van der Waals surface area contributed by atoms with E-state index in [0.29, 0.717) is 12.2 Å². The predicted octanol–water partition coefficient (Wildman–Crippen LogP) is 2.36. The summed E-state index contributed by atoms with van der Waals surface area (Å²) in [6.45, 7) is 0.624. The molecule has 0 spiro atoms. The fourth-order valence-electron chi connectivity index (χ4n) is 1.87. The van der Waals surface area contributed by atoms with Gasteiger partial charge in [-0.25, -0.2) is 4.39 Å². The van der Waals surface area contributed by atoms with Crippen molar-refractivity contribution in [3.05, 3.63) is 59.7 Å². The first-order chi connectivity index (χ1) is 9.70. The topological polar surface area (TPSA) is 68.0 Å². The maximum absolute atomic E-state index is 13.5. The molecule has 4 nitrogen and oxygen atoms in total. The molecule has 0 aliphatic heterocycles. The fraction of sp³-hybridized carbons (Fsp3) is 0.200. The quantitative estimate of drug-likeness (QED) is 0.878. The molecule has 2 aromatic rings. The van der Waals surface area contributed by atoms with Crippen molar-refractivity contribution in [2.45, 2.75) is 12.8 Å². The number of aryl methyl sites for hydroxylation is 1. The Morgan fingerprint density at radius 1 is 1.35 bits per heavy atom. The lowest BCUT2D eigenvalue weighted by molar-refractivity contribution is 0.102. The molecule has 5 heteroatoms. The van der Waals surface area contributed by atoms with Gasteiger partial charge in [-0.2, -0.15) is 0 Å². The molecule has 0 atom stereocenters. The van der Waals surface area contributed by atoms with Crippen LogP contribution in [-0.2, 0) is 6.42 Å². The van der Waals surface area contributed by atoms with Crippen LogP contribution in [0.25, 0.3) is 0 Å². The Bertz CT molecular complexity index is 601. The standard InChI is InChI=1S/C15H16FN3O/c16-14-10-18-8-6-13(14)15(20)19-12-5-1-3-11(9-12)4-2-7-17/h1,3,5-6,8-10H,2,4,7,17H2,(H,19,20). The van der Waals surface area contributed by atoms with E-state index >= 15 is 0 Å². The molecule has 104 valence electrons. The van der Waals surface area contributed by atoms with Crippen LogP contribution in [0.1, 0.15) is 22.3 Å². The smallest absolute Gasteiger partial charge is 0.258 e. The Balaban J connectivity index is 2.10. The van der Waals surface area contributed by atoms with Crippen molar-refractivity contribution >= 4 is 11.6 Å². The number of amides is 1. The highest BCUT2D eigenvalue weighted by molar-refractivity contribution is 6.04. The van der Waals surface area contributed by atoms with Crippen molar-refractivity contribution < 1.29 is 9.18 Å². The molecular formula is C15H16FN3O. The van der Waals surface area contributed by atoms with Gasteiger partial charge in [0.2, 0.25) is 0 Å². The predicted molar refractivity (Wildman–Crippen MR) is 76.0 cm³/mol. The summed E-state index contributed by atoms with van der Waals surface area (Å²) in [5.41, 5.74) is 7.18. The molecule has 1 aromatic carbocycles. The number of benzene rings is 1. The summed E-state index contributed by atoms with van der Waals surface area (Å²) >= 11 is 0. The van der Waals surface area contributed by atoms with Crippen LogP contribution in [0.3, 0.4) is 0 Å². The van der Waals surface area contributed by atoms with Crippen LogP contribution >= 0.6 is 0 Å². The van der Waals surface area contributed by atoms with Crippen LogP contribution in [0.4, 0.5) is 10.1 Å². The van der Waals surface area contributed by atoms with Gasteiger partial charge in [0.25, 0.3) is 5.91 Å². The number of hydrogen-bond donors (Lipinski definition) is 2. The number of carbonyl (C=O) groups excluding carboxylic acids is 1. The van der Waals surface area contributed by atoms with E-state index in [9.17, 15) is 9.18 Å². The number of nitrogens with one attached hydrogen (secondary N) is 1. The zero-order chi connectivity index (χ0) is 14.4. The third kappa shape index (κ3) is 3.61. The van der Waals surface area contributed by atoms with Crippen molar-refractivity contribution in [3.8, 4) is 0 Å². The summed E-state index contributed by atoms with van der Waals surface area (Å²) in [5, 5.41) is 2.68. The lowest BCUT2D eigenvalue weighted by Crippen LogP contribution is -2.14. The molecule has 0 aliphatic carbocycles. The highest BCUT2D eigenvalue weighted by atomic mass is 19.1. The van der Waals surface area contributed by atoms with Gasteiger partial charge in [0.1, 0.15) is 0 Å². The molecule has 0 unspecified atom stereocenters. The minimum atomic E-state index is -0.635. The average molecular weight is 273 g/mol. The molecule has 0 aliphatic rings. The van der Waals surface area contributed by atoms with Gasteiger partial charge >= 0.3 is 0 Å². The van der Waals surface area contributed by atoms with Crippen LogP contribution in [0.15, 0.2) is 42.7 Å². The van der Waals surface area contributed by atoms with Gasteiger partial charge in [0.05, 0.1) is 11.8 Å². The molecule has 0 saturated carbocycles. The van der Waals surface area contributed by atoms with Crippen molar-refractivity contribution in [2.75, 3.05) is 11.9 Å². The fourth-order valence-corrected chi connectivity index (χ4v) is 1.87.